The van der Waals surface area contributed by atoms with Gasteiger partial charge in [0.2, 0.25) is 0 Å². The fourth-order valence-corrected chi connectivity index (χ4v) is 6.64. The zero-order valence-corrected chi connectivity index (χ0v) is 31.2. The summed E-state index contributed by atoms with van der Waals surface area (Å²) in [6, 6.07) is 27.4. The van der Waals surface area contributed by atoms with Crippen LogP contribution < -0.4 is 9.47 Å². The number of hydrogen-bond acceptors (Lipinski definition) is 4. The van der Waals surface area contributed by atoms with Crippen LogP contribution in [0.3, 0.4) is 0 Å². The van der Waals surface area contributed by atoms with Gasteiger partial charge < -0.3 is 9.47 Å². The van der Waals surface area contributed by atoms with Gasteiger partial charge in [0.05, 0.1) is 12.2 Å². The van der Waals surface area contributed by atoms with E-state index < -0.39 is 5.97 Å². The molecule has 0 saturated carbocycles. The van der Waals surface area contributed by atoms with E-state index in [4.69, 9.17) is 9.47 Å². The molecule has 0 bridgehead atoms. The van der Waals surface area contributed by atoms with Crippen LogP contribution in [0.1, 0.15) is 146 Å². The first kappa shape index (κ1) is 38.9. The normalized spacial score (nSPS) is 11.9. The largest absolute Gasteiger partial charge is 0.494 e. The summed E-state index contributed by atoms with van der Waals surface area (Å²) in [5, 5.41) is 1.99. The number of unbranched alkanes of at least 4 members (excludes halogenated alkanes) is 11. The van der Waals surface area contributed by atoms with E-state index in [1.165, 1.54) is 70.6 Å². The van der Waals surface area contributed by atoms with Gasteiger partial charge in [-0.15, -0.1) is 0 Å². The number of carbonyl (C=O) groups is 2. The number of hydrogen-bond donors (Lipinski definition) is 0. The minimum Gasteiger partial charge on any atom is -0.494 e. The average Bonchev–Trinajstić information content (AvgIpc) is 3.15. The molecule has 0 saturated heterocycles. The summed E-state index contributed by atoms with van der Waals surface area (Å²) in [6.45, 7) is 9.33. The van der Waals surface area contributed by atoms with E-state index in [2.05, 4.69) is 39.0 Å². The van der Waals surface area contributed by atoms with Gasteiger partial charge in [0.25, 0.3) is 0 Å². The van der Waals surface area contributed by atoms with Crippen molar-refractivity contribution >= 4 is 22.5 Å². The number of carbonyl (C=O) groups excluding carboxylic acids is 2. The zero-order valence-electron chi connectivity index (χ0n) is 31.2. The van der Waals surface area contributed by atoms with Gasteiger partial charge in [-0.3, -0.25) is 4.79 Å². The Kier molecular flexibility index (Phi) is 16.6. The quantitative estimate of drug-likeness (QED) is 0.0446. The molecule has 0 fully saturated rings. The molecule has 4 aromatic carbocycles. The number of esters is 1. The molecule has 0 aliphatic carbocycles. The van der Waals surface area contributed by atoms with Crippen molar-refractivity contribution in [3.63, 3.8) is 0 Å². The maximum Gasteiger partial charge on any atom is 0.343 e. The molecule has 0 heterocycles. The molecule has 0 aliphatic heterocycles. The number of rotatable bonds is 23. The van der Waals surface area contributed by atoms with E-state index in [9.17, 15) is 9.59 Å². The predicted octanol–water partition coefficient (Wildman–Crippen LogP) is 13.3. The van der Waals surface area contributed by atoms with Gasteiger partial charge in [0, 0.05) is 12.3 Å². The number of ether oxygens (including phenoxy) is 2. The summed E-state index contributed by atoms with van der Waals surface area (Å²) in [6.07, 6.45) is 18.7. The van der Waals surface area contributed by atoms with Crippen LogP contribution in [0.5, 0.6) is 11.5 Å². The molecule has 4 rings (SSSR count). The molecule has 0 aliphatic rings. The molecule has 0 aromatic heterocycles. The summed E-state index contributed by atoms with van der Waals surface area (Å²) in [7, 11) is 0. The smallest absolute Gasteiger partial charge is 0.343 e. The molecule has 0 N–H and O–H groups in total. The van der Waals surface area contributed by atoms with Gasteiger partial charge in [0.1, 0.15) is 17.3 Å². The molecule has 0 spiro atoms. The molecule has 50 heavy (non-hydrogen) atoms. The average molecular weight is 677 g/mol. The standard InChI is InChI=1S/C46H60O4/c1-5-8-9-10-11-12-13-14-15-16-17-18-31-49-43-28-25-38(26-29-43)37-19-21-39(22-20-37)46(48)50-44-30-27-41-33-40(23-24-42(41)34-44)35(4)45(47)32-36(6-2)7-3/h19-30,33-36H,5-18,31-32H2,1-4H3/t35-/m0/s1. The third-order valence-electron chi connectivity index (χ3n) is 10.2. The molecule has 0 amide bonds. The van der Waals surface area contributed by atoms with E-state index >= 15 is 0 Å². The number of benzene rings is 4. The maximum atomic E-state index is 13.0. The first-order valence-corrected chi connectivity index (χ1v) is 19.5. The van der Waals surface area contributed by atoms with E-state index in [1.807, 2.05) is 73.7 Å². The third-order valence-corrected chi connectivity index (χ3v) is 10.2. The Bertz CT molecular complexity index is 1580. The van der Waals surface area contributed by atoms with Crippen LogP contribution in [0.2, 0.25) is 0 Å². The fraction of sp³-hybridized carbons (Fsp3) is 0.478. The second-order valence-corrected chi connectivity index (χ2v) is 14.1. The van der Waals surface area contributed by atoms with E-state index in [0.717, 1.165) is 59.1 Å². The van der Waals surface area contributed by atoms with E-state index in [1.54, 1.807) is 0 Å². The Labute approximate surface area is 302 Å². The van der Waals surface area contributed by atoms with Gasteiger partial charge in [-0.25, -0.2) is 4.79 Å². The van der Waals surface area contributed by atoms with Crippen LogP contribution in [0, 0.1) is 5.92 Å². The maximum absolute atomic E-state index is 13.0. The van der Waals surface area contributed by atoms with Crippen molar-refractivity contribution in [1.29, 1.82) is 0 Å². The molecule has 1 atom stereocenters. The fourth-order valence-electron chi connectivity index (χ4n) is 6.64. The van der Waals surface area contributed by atoms with E-state index in [0.29, 0.717) is 29.4 Å². The lowest BCUT2D eigenvalue weighted by Crippen LogP contribution is -2.14. The lowest BCUT2D eigenvalue weighted by molar-refractivity contribution is -0.121. The number of ketones is 1. The van der Waals surface area contributed by atoms with Crippen LogP contribution >= 0.6 is 0 Å². The zero-order chi connectivity index (χ0) is 35.6. The molecule has 268 valence electrons. The Balaban J connectivity index is 1.19. The van der Waals surface area contributed by atoms with Gasteiger partial charge in [0.15, 0.2) is 0 Å². The predicted molar refractivity (Wildman–Crippen MR) is 209 cm³/mol. The monoisotopic (exact) mass is 676 g/mol. The molecule has 4 heteroatoms. The van der Waals surface area contributed by atoms with Gasteiger partial charge >= 0.3 is 5.97 Å². The summed E-state index contributed by atoms with van der Waals surface area (Å²) in [5.74, 6) is 1.60. The van der Waals surface area contributed by atoms with Crippen molar-refractivity contribution in [3.8, 4) is 22.6 Å². The van der Waals surface area contributed by atoms with Crippen LogP contribution in [0.15, 0.2) is 84.9 Å². The van der Waals surface area contributed by atoms with Crippen LogP contribution in [-0.2, 0) is 4.79 Å². The first-order chi connectivity index (χ1) is 24.4. The highest BCUT2D eigenvalue weighted by Crippen LogP contribution is 2.29. The minimum atomic E-state index is -0.394. The van der Waals surface area contributed by atoms with Crippen molar-refractivity contribution in [2.45, 2.75) is 130 Å². The topological polar surface area (TPSA) is 52.6 Å². The SMILES string of the molecule is CCCCCCCCCCCCCCOc1ccc(-c2ccc(C(=O)Oc3ccc4cc([C@H](C)C(=O)CC(CC)CC)ccc4c3)cc2)cc1. The van der Waals surface area contributed by atoms with E-state index in [-0.39, 0.29) is 5.92 Å². The lowest BCUT2D eigenvalue weighted by atomic mass is 9.87. The van der Waals surface area contributed by atoms with Crippen LogP contribution in [-0.4, -0.2) is 18.4 Å². The molecule has 4 aromatic rings. The molecular formula is C46H60O4. The highest BCUT2D eigenvalue weighted by molar-refractivity contribution is 5.93. The van der Waals surface area contributed by atoms with Crippen molar-refractivity contribution in [2.24, 2.45) is 5.92 Å². The summed E-state index contributed by atoms with van der Waals surface area (Å²) in [4.78, 5) is 25.9. The first-order valence-electron chi connectivity index (χ1n) is 19.5. The number of Topliss-reactive ketones (excluding diaryl/α,β-unsaturated/α-hetero) is 1. The second kappa shape index (κ2) is 21.3. The third kappa shape index (κ3) is 12.4. The van der Waals surface area contributed by atoms with Crippen molar-refractivity contribution in [1.82, 2.24) is 0 Å². The number of fused-ring (bicyclic) bond motifs is 1. The molecular weight excluding hydrogens is 617 g/mol. The van der Waals surface area contributed by atoms with Gasteiger partial charge in [-0.1, -0.05) is 160 Å². The lowest BCUT2D eigenvalue weighted by Gasteiger charge is -2.16. The Morgan fingerprint density at radius 3 is 1.70 bits per heavy atom. The Morgan fingerprint density at radius 2 is 1.10 bits per heavy atom. The molecule has 4 nitrogen and oxygen atoms in total. The second-order valence-electron chi connectivity index (χ2n) is 14.1. The summed E-state index contributed by atoms with van der Waals surface area (Å²) >= 11 is 0. The van der Waals surface area contributed by atoms with Crippen molar-refractivity contribution in [3.05, 3.63) is 96.1 Å². The molecule has 0 unspecified atom stereocenters. The highest BCUT2D eigenvalue weighted by Gasteiger charge is 2.19. The van der Waals surface area contributed by atoms with Gasteiger partial charge in [-0.05, 0) is 76.2 Å². The highest BCUT2D eigenvalue weighted by atomic mass is 16.5. The van der Waals surface area contributed by atoms with Gasteiger partial charge in [-0.2, -0.15) is 0 Å². The van der Waals surface area contributed by atoms with Crippen LogP contribution in [0.4, 0.5) is 0 Å². The van der Waals surface area contributed by atoms with Crippen molar-refractivity contribution in [2.75, 3.05) is 6.61 Å². The summed E-state index contributed by atoms with van der Waals surface area (Å²) in [5.41, 5.74) is 3.62. The molecule has 0 radical (unpaired) electrons. The van der Waals surface area contributed by atoms with Crippen molar-refractivity contribution < 1.29 is 19.1 Å². The Morgan fingerprint density at radius 1 is 0.580 bits per heavy atom. The summed E-state index contributed by atoms with van der Waals surface area (Å²) < 4.78 is 11.7. The Hall–Kier alpha value is -3.92. The minimum absolute atomic E-state index is 0.138. The van der Waals surface area contributed by atoms with Crippen LogP contribution in [0.25, 0.3) is 21.9 Å².